The van der Waals surface area contributed by atoms with E-state index in [1.165, 1.54) is 23.6 Å². The van der Waals surface area contributed by atoms with E-state index in [9.17, 15) is 14.4 Å². The minimum absolute atomic E-state index is 0.0716. The van der Waals surface area contributed by atoms with E-state index in [0.29, 0.717) is 12.1 Å². The maximum atomic E-state index is 13.9. The number of rotatable bonds is 6. The van der Waals surface area contributed by atoms with E-state index >= 15 is 0 Å². The lowest BCUT2D eigenvalue weighted by Crippen LogP contribution is -2.65. The molecule has 0 saturated heterocycles. The van der Waals surface area contributed by atoms with E-state index in [0.717, 1.165) is 31.2 Å². The van der Waals surface area contributed by atoms with Crippen molar-refractivity contribution in [2.45, 2.75) is 83.8 Å². The number of hydrogen-bond donors (Lipinski definition) is 1. The Morgan fingerprint density at radius 1 is 1.15 bits per heavy atom. The Morgan fingerprint density at radius 2 is 1.85 bits per heavy atom. The molecule has 34 heavy (non-hydrogen) atoms. The van der Waals surface area contributed by atoms with Gasteiger partial charge in [-0.15, -0.1) is 0 Å². The van der Waals surface area contributed by atoms with Gasteiger partial charge in [0.15, 0.2) is 5.69 Å². The van der Waals surface area contributed by atoms with Gasteiger partial charge < -0.3 is 10.1 Å². The molecule has 1 fully saturated rings. The molecule has 2 aromatic rings. The molecule has 1 saturated carbocycles. The molecule has 1 N–H and O–H groups in total. The van der Waals surface area contributed by atoms with Crippen LogP contribution in [0.25, 0.3) is 0 Å². The summed E-state index contributed by atoms with van der Waals surface area (Å²) >= 11 is 0. The first kappa shape index (κ1) is 24.0. The number of para-hydroxylation sites is 1. The van der Waals surface area contributed by atoms with Crippen molar-refractivity contribution in [3.05, 3.63) is 47.3 Å². The summed E-state index contributed by atoms with van der Waals surface area (Å²) in [5.41, 5.74) is 0.817. The fourth-order valence-corrected chi connectivity index (χ4v) is 5.06. The molecule has 0 spiro atoms. The van der Waals surface area contributed by atoms with Crippen LogP contribution in [0.2, 0.25) is 0 Å². The molecule has 0 radical (unpaired) electrons. The van der Waals surface area contributed by atoms with Gasteiger partial charge in [-0.2, -0.15) is 5.10 Å². The monoisotopic (exact) mass is 466 g/mol. The molecule has 1 aliphatic heterocycles. The zero-order valence-corrected chi connectivity index (χ0v) is 20.3. The standard InChI is InChI=1S/C26H34N4O4/c1-4-18-12-10-11-15-21(18)30-23(31)22-16-20(24(32)34-5-2)28-29(22)17-26(30,3)25(33)27-19-13-8-6-7-9-14-19/h10-12,15-16,19H,4-9,13-14,17H2,1-3H3,(H,27,33)/t26-/m1/s1. The lowest BCUT2D eigenvalue weighted by atomic mass is 9.92. The summed E-state index contributed by atoms with van der Waals surface area (Å²) in [4.78, 5) is 41.6. The predicted molar refractivity (Wildman–Crippen MR) is 129 cm³/mol. The molecular formula is C26H34N4O4. The molecule has 1 aliphatic carbocycles. The molecule has 8 nitrogen and oxygen atoms in total. The Balaban J connectivity index is 1.76. The normalized spacial score (nSPS) is 21.0. The highest BCUT2D eigenvalue weighted by Crippen LogP contribution is 2.35. The Bertz CT molecular complexity index is 1070. The molecule has 2 aliphatic rings. The fraction of sp³-hybridized carbons (Fsp3) is 0.538. The van der Waals surface area contributed by atoms with Crippen LogP contribution in [0.3, 0.4) is 0 Å². The molecule has 0 bridgehead atoms. The van der Waals surface area contributed by atoms with Gasteiger partial charge in [-0.25, -0.2) is 4.79 Å². The Labute approximate surface area is 200 Å². The van der Waals surface area contributed by atoms with Crippen LogP contribution in [0.4, 0.5) is 5.69 Å². The number of ether oxygens (including phenoxy) is 1. The number of nitrogens with one attached hydrogen (secondary N) is 1. The quantitative estimate of drug-likeness (QED) is 0.515. The Morgan fingerprint density at radius 3 is 2.53 bits per heavy atom. The molecule has 2 heterocycles. The number of anilines is 1. The summed E-state index contributed by atoms with van der Waals surface area (Å²) in [5, 5.41) is 7.59. The Kier molecular flexibility index (Phi) is 7.05. The molecule has 1 aromatic heterocycles. The van der Waals surface area contributed by atoms with E-state index in [1.54, 1.807) is 18.7 Å². The predicted octanol–water partition coefficient (Wildman–Crippen LogP) is 3.88. The second-order valence-electron chi connectivity index (χ2n) is 9.35. The second kappa shape index (κ2) is 9.99. The number of benzene rings is 1. The van der Waals surface area contributed by atoms with Gasteiger partial charge in [-0.3, -0.25) is 19.2 Å². The van der Waals surface area contributed by atoms with Gasteiger partial charge in [-0.1, -0.05) is 50.8 Å². The molecule has 4 rings (SSSR count). The SMILES string of the molecule is CCOC(=O)c1cc2n(n1)C[C@](C)(C(=O)NC1CCCCCC1)N(c1ccccc1CC)C2=O. The first-order valence-corrected chi connectivity index (χ1v) is 12.4. The van der Waals surface area contributed by atoms with Gasteiger partial charge in [-0.05, 0) is 44.7 Å². The highest BCUT2D eigenvalue weighted by Gasteiger charge is 2.50. The van der Waals surface area contributed by atoms with Crippen molar-refractivity contribution in [2.24, 2.45) is 0 Å². The van der Waals surface area contributed by atoms with Crippen LogP contribution in [-0.2, 0) is 22.5 Å². The third-order valence-electron chi connectivity index (χ3n) is 6.93. The van der Waals surface area contributed by atoms with E-state index in [2.05, 4.69) is 10.4 Å². The van der Waals surface area contributed by atoms with Crippen molar-refractivity contribution in [2.75, 3.05) is 11.5 Å². The summed E-state index contributed by atoms with van der Waals surface area (Å²) < 4.78 is 6.56. The lowest BCUT2D eigenvalue weighted by molar-refractivity contribution is -0.127. The van der Waals surface area contributed by atoms with Gasteiger partial charge in [0.1, 0.15) is 11.2 Å². The van der Waals surface area contributed by atoms with Gasteiger partial charge in [0.25, 0.3) is 5.91 Å². The molecule has 1 aromatic carbocycles. The van der Waals surface area contributed by atoms with Crippen LogP contribution in [0, 0.1) is 0 Å². The average Bonchev–Trinajstić information content (AvgIpc) is 3.08. The van der Waals surface area contributed by atoms with Crippen LogP contribution in [0.1, 0.15) is 85.8 Å². The zero-order valence-electron chi connectivity index (χ0n) is 20.3. The highest BCUT2D eigenvalue weighted by atomic mass is 16.5. The Hall–Kier alpha value is -3.16. The number of amides is 2. The van der Waals surface area contributed by atoms with Crippen molar-refractivity contribution < 1.29 is 19.1 Å². The summed E-state index contributed by atoms with van der Waals surface area (Å²) in [6.45, 7) is 5.89. The third kappa shape index (κ3) is 4.45. The fourth-order valence-electron chi connectivity index (χ4n) is 5.06. The minimum atomic E-state index is -1.21. The van der Waals surface area contributed by atoms with Crippen molar-refractivity contribution in [1.82, 2.24) is 15.1 Å². The summed E-state index contributed by atoms with van der Waals surface area (Å²) in [6, 6.07) is 9.22. The molecule has 182 valence electrons. The topological polar surface area (TPSA) is 93.5 Å². The van der Waals surface area contributed by atoms with E-state index in [-0.39, 0.29) is 42.4 Å². The molecule has 1 atom stereocenters. The van der Waals surface area contributed by atoms with Crippen LogP contribution >= 0.6 is 0 Å². The molecule has 2 amide bonds. The van der Waals surface area contributed by atoms with Gasteiger partial charge >= 0.3 is 5.97 Å². The largest absolute Gasteiger partial charge is 0.461 e. The van der Waals surface area contributed by atoms with Gasteiger partial charge in [0.2, 0.25) is 5.91 Å². The van der Waals surface area contributed by atoms with Crippen molar-refractivity contribution in [3.63, 3.8) is 0 Å². The number of carbonyl (C=O) groups excluding carboxylic acids is 3. The summed E-state index contributed by atoms with van der Waals surface area (Å²) in [6.07, 6.45) is 7.16. The van der Waals surface area contributed by atoms with Crippen LogP contribution in [0.5, 0.6) is 0 Å². The number of nitrogens with zero attached hydrogens (tertiary/aromatic N) is 3. The van der Waals surface area contributed by atoms with Crippen molar-refractivity contribution >= 4 is 23.5 Å². The first-order valence-electron chi connectivity index (χ1n) is 12.4. The first-order chi connectivity index (χ1) is 16.4. The number of fused-ring (bicyclic) bond motifs is 1. The minimum Gasteiger partial charge on any atom is -0.461 e. The summed E-state index contributed by atoms with van der Waals surface area (Å²) in [5.74, 6) is -1.13. The van der Waals surface area contributed by atoms with Crippen LogP contribution in [0.15, 0.2) is 30.3 Å². The number of esters is 1. The van der Waals surface area contributed by atoms with Gasteiger partial charge in [0, 0.05) is 17.8 Å². The van der Waals surface area contributed by atoms with E-state index in [4.69, 9.17) is 4.74 Å². The molecule has 0 unspecified atom stereocenters. The smallest absolute Gasteiger partial charge is 0.358 e. The maximum absolute atomic E-state index is 13.9. The second-order valence-corrected chi connectivity index (χ2v) is 9.35. The van der Waals surface area contributed by atoms with E-state index < -0.39 is 11.5 Å². The summed E-state index contributed by atoms with van der Waals surface area (Å²) in [7, 11) is 0. The van der Waals surface area contributed by atoms with Gasteiger partial charge in [0.05, 0.1) is 13.2 Å². The molecular weight excluding hydrogens is 432 g/mol. The van der Waals surface area contributed by atoms with Crippen LogP contribution in [-0.4, -0.2) is 45.8 Å². The van der Waals surface area contributed by atoms with Crippen molar-refractivity contribution in [1.29, 1.82) is 0 Å². The highest BCUT2D eigenvalue weighted by molar-refractivity contribution is 6.12. The number of hydrogen-bond acceptors (Lipinski definition) is 5. The average molecular weight is 467 g/mol. The van der Waals surface area contributed by atoms with E-state index in [1.807, 2.05) is 31.2 Å². The lowest BCUT2D eigenvalue weighted by Gasteiger charge is -2.44. The number of aromatic nitrogens is 2. The zero-order chi connectivity index (χ0) is 24.3. The number of carbonyl (C=O) groups is 3. The third-order valence-corrected chi connectivity index (χ3v) is 6.93. The van der Waals surface area contributed by atoms with Crippen molar-refractivity contribution in [3.8, 4) is 0 Å². The maximum Gasteiger partial charge on any atom is 0.358 e. The van der Waals surface area contributed by atoms with Crippen LogP contribution < -0.4 is 10.2 Å². The number of aryl methyl sites for hydroxylation is 1. The molecule has 8 heteroatoms.